The summed E-state index contributed by atoms with van der Waals surface area (Å²) in [5.74, 6) is 0.646. The SMILES string of the molecule is Cc1ccc(-c2cnc(CCC(=O)Nc3ccc(OC(F)F)c(Cl)c3)o2)cc1. The Morgan fingerprint density at radius 2 is 2.00 bits per heavy atom. The molecule has 1 heterocycles. The highest BCUT2D eigenvalue weighted by atomic mass is 35.5. The third kappa shape index (κ3) is 5.29. The Labute approximate surface area is 165 Å². The van der Waals surface area contributed by atoms with Gasteiger partial charge in [-0.05, 0) is 25.1 Å². The molecule has 8 heteroatoms. The van der Waals surface area contributed by atoms with Crippen molar-refractivity contribution in [1.82, 2.24) is 4.98 Å². The lowest BCUT2D eigenvalue weighted by atomic mass is 10.1. The van der Waals surface area contributed by atoms with E-state index in [1.54, 1.807) is 6.20 Å². The van der Waals surface area contributed by atoms with Crippen LogP contribution in [0.4, 0.5) is 14.5 Å². The van der Waals surface area contributed by atoms with Crippen molar-refractivity contribution in [3.63, 3.8) is 0 Å². The average Bonchev–Trinajstić information content (AvgIpc) is 3.12. The predicted molar refractivity (Wildman–Crippen MR) is 102 cm³/mol. The maximum absolute atomic E-state index is 12.2. The van der Waals surface area contributed by atoms with Gasteiger partial charge in [0, 0.05) is 24.1 Å². The molecule has 1 amide bonds. The maximum atomic E-state index is 12.2. The summed E-state index contributed by atoms with van der Waals surface area (Å²) in [5, 5.41) is 2.62. The van der Waals surface area contributed by atoms with Crippen molar-refractivity contribution in [3.05, 3.63) is 65.1 Å². The predicted octanol–water partition coefficient (Wildman–Crippen LogP) is 5.48. The lowest BCUT2D eigenvalue weighted by molar-refractivity contribution is -0.116. The first-order valence-corrected chi connectivity index (χ1v) is 8.84. The summed E-state index contributed by atoms with van der Waals surface area (Å²) in [6.45, 7) is -0.968. The Hall–Kier alpha value is -2.93. The van der Waals surface area contributed by atoms with Crippen LogP contribution in [0.15, 0.2) is 53.1 Å². The Bertz CT molecular complexity index is 958. The molecule has 0 aliphatic carbocycles. The normalized spacial score (nSPS) is 10.9. The minimum atomic E-state index is -2.97. The van der Waals surface area contributed by atoms with E-state index in [1.165, 1.54) is 18.2 Å². The quantitative estimate of drug-likeness (QED) is 0.564. The van der Waals surface area contributed by atoms with Gasteiger partial charge in [0.25, 0.3) is 0 Å². The van der Waals surface area contributed by atoms with Crippen LogP contribution in [-0.4, -0.2) is 17.5 Å². The number of nitrogens with one attached hydrogen (secondary N) is 1. The van der Waals surface area contributed by atoms with Gasteiger partial charge in [-0.1, -0.05) is 41.4 Å². The van der Waals surface area contributed by atoms with Crippen LogP contribution in [0.5, 0.6) is 5.75 Å². The zero-order valence-electron chi connectivity index (χ0n) is 14.9. The van der Waals surface area contributed by atoms with E-state index in [9.17, 15) is 13.6 Å². The van der Waals surface area contributed by atoms with E-state index < -0.39 is 6.61 Å². The number of amides is 1. The molecule has 2 aromatic carbocycles. The first-order chi connectivity index (χ1) is 13.4. The van der Waals surface area contributed by atoms with E-state index >= 15 is 0 Å². The van der Waals surface area contributed by atoms with Gasteiger partial charge in [-0.2, -0.15) is 8.78 Å². The van der Waals surface area contributed by atoms with Crippen LogP contribution in [-0.2, 0) is 11.2 Å². The minimum absolute atomic E-state index is 0.0199. The average molecular weight is 407 g/mol. The van der Waals surface area contributed by atoms with Gasteiger partial charge >= 0.3 is 6.61 Å². The number of benzene rings is 2. The molecule has 0 saturated heterocycles. The molecule has 0 aliphatic rings. The van der Waals surface area contributed by atoms with Gasteiger partial charge in [0.2, 0.25) is 5.91 Å². The fraction of sp³-hybridized carbons (Fsp3) is 0.200. The number of nitrogens with zero attached hydrogens (tertiary/aromatic N) is 1. The number of hydrogen-bond acceptors (Lipinski definition) is 4. The summed E-state index contributed by atoms with van der Waals surface area (Å²) in [7, 11) is 0. The summed E-state index contributed by atoms with van der Waals surface area (Å²) >= 11 is 5.87. The molecular weight excluding hydrogens is 390 g/mol. The molecule has 0 radical (unpaired) electrons. The number of aromatic nitrogens is 1. The number of alkyl halides is 2. The number of halogens is 3. The van der Waals surface area contributed by atoms with Crippen molar-refractivity contribution in [3.8, 4) is 17.1 Å². The Morgan fingerprint density at radius 3 is 2.68 bits per heavy atom. The van der Waals surface area contributed by atoms with Crippen molar-refractivity contribution in [2.75, 3.05) is 5.32 Å². The summed E-state index contributed by atoms with van der Waals surface area (Å²) in [5.41, 5.74) is 2.44. The largest absolute Gasteiger partial charge is 0.441 e. The molecule has 0 spiro atoms. The third-order valence-electron chi connectivity index (χ3n) is 3.89. The van der Waals surface area contributed by atoms with Crippen LogP contribution in [0.2, 0.25) is 5.02 Å². The Morgan fingerprint density at radius 1 is 1.25 bits per heavy atom. The van der Waals surface area contributed by atoms with E-state index in [0.717, 1.165) is 11.1 Å². The molecule has 3 aromatic rings. The molecule has 3 rings (SSSR count). The van der Waals surface area contributed by atoms with Gasteiger partial charge in [-0.15, -0.1) is 0 Å². The number of rotatable bonds is 7. The van der Waals surface area contributed by atoms with Crippen LogP contribution in [0.3, 0.4) is 0 Å². The van der Waals surface area contributed by atoms with Gasteiger partial charge < -0.3 is 14.5 Å². The molecule has 0 bridgehead atoms. The van der Waals surface area contributed by atoms with Crippen molar-refractivity contribution >= 4 is 23.2 Å². The zero-order chi connectivity index (χ0) is 20.1. The second kappa shape index (κ2) is 8.84. The maximum Gasteiger partial charge on any atom is 0.387 e. The topological polar surface area (TPSA) is 64.4 Å². The van der Waals surface area contributed by atoms with Crippen molar-refractivity contribution < 1.29 is 22.7 Å². The molecule has 0 unspecified atom stereocenters. The Kier molecular flexibility index (Phi) is 6.26. The lowest BCUT2D eigenvalue weighted by Crippen LogP contribution is -2.12. The highest BCUT2D eigenvalue weighted by Gasteiger charge is 2.12. The minimum Gasteiger partial charge on any atom is -0.441 e. The number of anilines is 1. The molecule has 1 N–H and O–H groups in total. The van der Waals surface area contributed by atoms with Crippen molar-refractivity contribution in [2.45, 2.75) is 26.4 Å². The van der Waals surface area contributed by atoms with Crippen LogP contribution in [0.25, 0.3) is 11.3 Å². The van der Waals surface area contributed by atoms with E-state index in [1.807, 2.05) is 31.2 Å². The fourth-order valence-electron chi connectivity index (χ4n) is 2.49. The highest BCUT2D eigenvalue weighted by molar-refractivity contribution is 6.32. The summed E-state index contributed by atoms with van der Waals surface area (Å²) in [6, 6.07) is 11.9. The van der Waals surface area contributed by atoms with Crippen LogP contribution in [0, 0.1) is 6.92 Å². The molecule has 0 atom stereocenters. The number of carbonyl (C=O) groups excluding carboxylic acids is 1. The van der Waals surface area contributed by atoms with Gasteiger partial charge in [0.1, 0.15) is 5.75 Å². The van der Waals surface area contributed by atoms with Gasteiger partial charge in [-0.25, -0.2) is 4.98 Å². The number of ether oxygens (including phenoxy) is 1. The lowest BCUT2D eigenvalue weighted by Gasteiger charge is -2.09. The molecule has 28 heavy (non-hydrogen) atoms. The summed E-state index contributed by atoms with van der Waals surface area (Å²) in [6.07, 6.45) is 2.08. The standard InChI is InChI=1S/C20H17ClF2N2O3/c1-12-2-4-13(5-3-12)17-11-24-19(27-17)9-8-18(26)25-14-6-7-16(15(21)10-14)28-20(22)23/h2-7,10-11,20H,8-9H2,1H3,(H,25,26). The highest BCUT2D eigenvalue weighted by Crippen LogP contribution is 2.29. The molecular formula is C20H17ClF2N2O3. The van der Waals surface area contributed by atoms with Crippen LogP contribution in [0.1, 0.15) is 17.9 Å². The van der Waals surface area contributed by atoms with E-state index in [0.29, 0.717) is 23.8 Å². The smallest absolute Gasteiger partial charge is 0.387 e. The molecule has 146 valence electrons. The van der Waals surface area contributed by atoms with Gasteiger partial charge in [-0.3, -0.25) is 4.79 Å². The van der Waals surface area contributed by atoms with Crippen molar-refractivity contribution in [2.24, 2.45) is 0 Å². The molecule has 0 fully saturated rings. The second-order valence-corrected chi connectivity index (χ2v) is 6.46. The molecule has 5 nitrogen and oxygen atoms in total. The van der Waals surface area contributed by atoms with Crippen molar-refractivity contribution in [1.29, 1.82) is 0 Å². The summed E-state index contributed by atoms with van der Waals surface area (Å²) < 4.78 is 34.4. The molecule has 0 saturated carbocycles. The molecule has 1 aromatic heterocycles. The van der Waals surface area contributed by atoms with E-state index in [4.69, 9.17) is 16.0 Å². The number of hydrogen-bond donors (Lipinski definition) is 1. The monoisotopic (exact) mass is 406 g/mol. The second-order valence-electron chi connectivity index (χ2n) is 6.06. The number of oxazole rings is 1. The first kappa shape index (κ1) is 19.8. The van der Waals surface area contributed by atoms with Gasteiger partial charge in [0.15, 0.2) is 11.7 Å². The van der Waals surface area contributed by atoms with Crippen LogP contribution >= 0.6 is 11.6 Å². The van der Waals surface area contributed by atoms with Crippen LogP contribution < -0.4 is 10.1 Å². The Balaban J connectivity index is 1.55. The van der Waals surface area contributed by atoms with Gasteiger partial charge in [0.05, 0.1) is 11.2 Å². The number of carbonyl (C=O) groups is 1. The molecule has 0 aliphatic heterocycles. The van der Waals surface area contributed by atoms with E-state index in [2.05, 4.69) is 15.0 Å². The zero-order valence-corrected chi connectivity index (χ0v) is 15.7. The number of aryl methyl sites for hydroxylation is 2. The fourth-order valence-corrected chi connectivity index (χ4v) is 2.72. The van der Waals surface area contributed by atoms with E-state index in [-0.39, 0.29) is 23.1 Å². The summed E-state index contributed by atoms with van der Waals surface area (Å²) in [4.78, 5) is 16.3. The third-order valence-corrected chi connectivity index (χ3v) is 4.18. The first-order valence-electron chi connectivity index (χ1n) is 8.46.